The molecule has 4 heteroatoms. The third-order valence-electron chi connectivity index (χ3n) is 2.68. The summed E-state index contributed by atoms with van der Waals surface area (Å²) >= 11 is 7.64. The van der Waals surface area contributed by atoms with Crippen LogP contribution < -0.4 is 5.32 Å². The van der Waals surface area contributed by atoms with E-state index in [9.17, 15) is 4.79 Å². The van der Waals surface area contributed by atoms with E-state index in [0.29, 0.717) is 6.54 Å². The van der Waals surface area contributed by atoms with Crippen LogP contribution in [0.4, 0.5) is 0 Å². The Hall–Kier alpha value is -0.670. The maximum absolute atomic E-state index is 11.7. The van der Waals surface area contributed by atoms with Gasteiger partial charge in [0.25, 0.3) is 0 Å². The second-order valence-electron chi connectivity index (χ2n) is 3.90. The molecule has 1 unspecified atom stereocenters. The lowest BCUT2D eigenvalue weighted by molar-refractivity contribution is -0.124. The fourth-order valence-electron chi connectivity index (χ4n) is 1.68. The first-order valence-electron chi connectivity index (χ1n) is 5.35. The molecule has 2 rings (SSSR count). The zero-order chi connectivity index (χ0) is 11.4. The van der Waals surface area contributed by atoms with E-state index in [1.165, 1.54) is 0 Å². The predicted octanol–water partition coefficient (Wildman–Crippen LogP) is 2.71. The zero-order valence-corrected chi connectivity index (χ0v) is 10.5. The molecular weight excluding hydrogens is 242 g/mol. The normalized spacial score (nSPS) is 19.7. The molecule has 86 valence electrons. The van der Waals surface area contributed by atoms with Crippen LogP contribution in [0.25, 0.3) is 0 Å². The second kappa shape index (κ2) is 5.60. The Morgan fingerprint density at radius 2 is 2.19 bits per heavy atom. The number of hydrogen-bond acceptors (Lipinski definition) is 2. The Kier molecular flexibility index (Phi) is 4.13. The maximum Gasteiger partial charge on any atom is 0.224 e. The van der Waals surface area contributed by atoms with Crippen molar-refractivity contribution in [2.75, 3.05) is 11.5 Å². The third kappa shape index (κ3) is 3.16. The summed E-state index contributed by atoms with van der Waals surface area (Å²) in [5.41, 5.74) is 1.09. The van der Waals surface area contributed by atoms with Gasteiger partial charge in [0.05, 0.1) is 0 Å². The number of carbonyl (C=O) groups excluding carboxylic acids is 1. The monoisotopic (exact) mass is 255 g/mol. The zero-order valence-electron chi connectivity index (χ0n) is 8.91. The first-order valence-corrected chi connectivity index (χ1v) is 6.89. The number of thioether (sulfide) groups is 1. The minimum absolute atomic E-state index is 0.181. The van der Waals surface area contributed by atoms with E-state index in [1.54, 1.807) is 0 Å². The van der Waals surface area contributed by atoms with Gasteiger partial charge >= 0.3 is 0 Å². The maximum atomic E-state index is 11.7. The highest BCUT2D eigenvalue weighted by molar-refractivity contribution is 7.99. The highest BCUT2D eigenvalue weighted by atomic mass is 35.5. The van der Waals surface area contributed by atoms with E-state index in [1.807, 2.05) is 36.0 Å². The molecule has 1 N–H and O–H groups in total. The summed E-state index contributed by atoms with van der Waals surface area (Å²) in [4.78, 5) is 11.7. The fourth-order valence-corrected chi connectivity index (χ4v) is 3.02. The van der Waals surface area contributed by atoms with Crippen LogP contribution >= 0.6 is 23.4 Å². The van der Waals surface area contributed by atoms with Crippen LogP contribution in [-0.2, 0) is 11.3 Å². The van der Waals surface area contributed by atoms with Crippen molar-refractivity contribution in [3.05, 3.63) is 34.9 Å². The van der Waals surface area contributed by atoms with Gasteiger partial charge in [0.15, 0.2) is 0 Å². The molecule has 1 fully saturated rings. The molecule has 0 spiro atoms. The predicted molar refractivity (Wildman–Crippen MR) is 68.7 cm³/mol. The van der Waals surface area contributed by atoms with Crippen molar-refractivity contribution in [3.8, 4) is 0 Å². The lowest BCUT2D eigenvalue weighted by Crippen LogP contribution is -2.30. The topological polar surface area (TPSA) is 29.1 Å². The largest absolute Gasteiger partial charge is 0.352 e. The van der Waals surface area contributed by atoms with Crippen LogP contribution in [0, 0.1) is 5.92 Å². The molecule has 1 aromatic rings. The van der Waals surface area contributed by atoms with Gasteiger partial charge in [-0.1, -0.05) is 23.7 Å². The van der Waals surface area contributed by atoms with Crippen LogP contribution in [0.2, 0.25) is 5.02 Å². The van der Waals surface area contributed by atoms with Gasteiger partial charge in [-0.15, -0.1) is 0 Å². The second-order valence-corrected chi connectivity index (χ2v) is 5.49. The molecule has 16 heavy (non-hydrogen) atoms. The van der Waals surface area contributed by atoms with E-state index in [-0.39, 0.29) is 11.8 Å². The van der Waals surface area contributed by atoms with Crippen molar-refractivity contribution in [2.24, 2.45) is 5.92 Å². The average molecular weight is 256 g/mol. The van der Waals surface area contributed by atoms with Crippen LogP contribution in [0.3, 0.4) is 0 Å². The number of carbonyl (C=O) groups is 1. The first-order chi connectivity index (χ1) is 7.75. The molecule has 1 atom stereocenters. The van der Waals surface area contributed by atoms with Gasteiger partial charge in [0.1, 0.15) is 0 Å². The molecule has 2 nitrogen and oxygen atoms in total. The minimum atomic E-state index is 0.181. The van der Waals surface area contributed by atoms with Crippen LogP contribution in [0.5, 0.6) is 0 Å². The molecule has 0 bridgehead atoms. The summed E-state index contributed by atoms with van der Waals surface area (Å²) in [5.74, 6) is 2.46. The van der Waals surface area contributed by atoms with Gasteiger partial charge in [-0.25, -0.2) is 0 Å². The average Bonchev–Trinajstić information content (AvgIpc) is 2.81. The highest BCUT2D eigenvalue weighted by Crippen LogP contribution is 2.23. The van der Waals surface area contributed by atoms with E-state index in [4.69, 9.17) is 11.6 Å². The van der Waals surface area contributed by atoms with Crippen molar-refractivity contribution < 1.29 is 4.79 Å². The molecule has 1 aliphatic heterocycles. The number of hydrogen-bond donors (Lipinski definition) is 1. The minimum Gasteiger partial charge on any atom is -0.352 e. The van der Waals surface area contributed by atoms with Gasteiger partial charge in [-0.3, -0.25) is 4.79 Å². The molecule has 1 aromatic carbocycles. The molecule has 1 aliphatic rings. The van der Waals surface area contributed by atoms with Crippen LogP contribution in [-0.4, -0.2) is 17.4 Å². The Morgan fingerprint density at radius 1 is 1.44 bits per heavy atom. The van der Waals surface area contributed by atoms with Gasteiger partial charge in [-0.05, 0) is 29.9 Å². The summed E-state index contributed by atoms with van der Waals surface area (Å²) in [7, 11) is 0. The Morgan fingerprint density at radius 3 is 2.81 bits per heavy atom. The van der Waals surface area contributed by atoms with Gasteiger partial charge in [0, 0.05) is 23.2 Å². The molecule has 1 amide bonds. The highest BCUT2D eigenvalue weighted by Gasteiger charge is 2.22. The molecule has 0 aliphatic carbocycles. The number of rotatable bonds is 3. The Bertz CT molecular complexity index is 360. The van der Waals surface area contributed by atoms with E-state index in [0.717, 1.165) is 28.5 Å². The summed E-state index contributed by atoms with van der Waals surface area (Å²) in [6.07, 6.45) is 1.01. The lowest BCUT2D eigenvalue weighted by Gasteiger charge is -2.09. The molecular formula is C12H14ClNOS. The quantitative estimate of drug-likeness (QED) is 0.900. The van der Waals surface area contributed by atoms with Gasteiger partial charge < -0.3 is 5.32 Å². The standard InChI is InChI=1S/C12H14ClNOS/c13-11-3-1-9(2-4-11)7-14-12(15)10-5-6-16-8-10/h1-4,10H,5-8H2,(H,14,15). The molecule has 1 saturated heterocycles. The van der Waals surface area contributed by atoms with E-state index < -0.39 is 0 Å². The van der Waals surface area contributed by atoms with Crippen molar-refractivity contribution in [3.63, 3.8) is 0 Å². The lowest BCUT2D eigenvalue weighted by atomic mass is 10.1. The molecule has 0 radical (unpaired) electrons. The smallest absolute Gasteiger partial charge is 0.224 e. The van der Waals surface area contributed by atoms with Crippen LogP contribution in [0.15, 0.2) is 24.3 Å². The Labute approximate surface area is 105 Å². The van der Waals surface area contributed by atoms with E-state index >= 15 is 0 Å². The number of nitrogens with one attached hydrogen (secondary N) is 1. The number of halogens is 1. The van der Waals surface area contributed by atoms with E-state index in [2.05, 4.69) is 5.32 Å². The fraction of sp³-hybridized carbons (Fsp3) is 0.417. The van der Waals surface area contributed by atoms with Crippen LogP contribution in [0.1, 0.15) is 12.0 Å². The summed E-state index contributed by atoms with van der Waals surface area (Å²) in [6.45, 7) is 0.594. The van der Waals surface area contributed by atoms with Crippen molar-refractivity contribution in [2.45, 2.75) is 13.0 Å². The summed E-state index contributed by atoms with van der Waals surface area (Å²) in [6, 6.07) is 7.56. The third-order valence-corrected chi connectivity index (χ3v) is 4.09. The van der Waals surface area contributed by atoms with Crippen molar-refractivity contribution in [1.29, 1.82) is 0 Å². The van der Waals surface area contributed by atoms with Gasteiger partial charge in [-0.2, -0.15) is 11.8 Å². The SMILES string of the molecule is O=C(NCc1ccc(Cl)cc1)C1CCSC1. The summed E-state index contributed by atoms with van der Waals surface area (Å²) < 4.78 is 0. The van der Waals surface area contributed by atoms with Gasteiger partial charge in [0.2, 0.25) is 5.91 Å². The summed E-state index contributed by atoms with van der Waals surface area (Å²) in [5, 5.41) is 3.69. The molecule has 0 saturated carbocycles. The molecule has 0 aromatic heterocycles. The van der Waals surface area contributed by atoms with Crippen molar-refractivity contribution >= 4 is 29.3 Å². The number of benzene rings is 1. The van der Waals surface area contributed by atoms with Crippen molar-refractivity contribution in [1.82, 2.24) is 5.32 Å². The first kappa shape index (κ1) is 11.8. The Balaban J connectivity index is 1.82. The number of amides is 1. The molecule has 1 heterocycles.